The van der Waals surface area contributed by atoms with E-state index in [1.807, 2.05) is 6.92 Å². The minimum atomic E-state index is 0.525. The maximum absolute atomic E-state index is 5.04. The predicted molar refractivity (Wildman–Crippen MR) is 54.1 cm³/mol. The van der Waals surface area contributed by atoms with Crippen molar-refractivity contribution in [3.63, 3.8) is 0 Å². The van der Waals surface area contributed by atoms with Gasteiger partial charge >= 0.3 is 6.01 Å². The average Bonchev–Trinajstić information content (AvgIpc) is 2.43. The molecular weight excluding hydrogens is 178 g/mol. The molecule has 1 N–H and O–H groups in total. The van der Waals surface area contributed by atoms with Crippen LogP contribution in [0.25, 0.3) is 0 Å². The Morgan fingerprint density at radius 1 is 1.21 bits per heavy atom. The summed E-state index contributed by atoms with van der Waals surface area (Å²) in [6.07, 6.45) is 7.79. The number of hydrogen-bond acceptors (Lipinski definition) is 4. The van der Waals surface area contributed by atoms with Crippen LogP contribution >= 0.6 is 0 Å². The third-order valence-corrected chi connectivity index (χ3v) is 2.71. The summed E-state index contributed by atoms with van der Waals surface area (Å²) in [6, 6.07) is 1.10. The molecule has 0 radical (unpaired) electrons. The van der Waals surface area contributed by atoms with Crippen LogP contribution in [0.3, 0.4) is 0 Å². The first kappa shape index (κ1) is 9.49. The number of aromatic nitrogens is 2. The van der Waals surface area contributed by atoms with Gasteiger partial charge in [0.2, 0.25) is 0 Å². The van der Waals surface area contributed by atoms with Gasteiger partial charge in [0.15, 0.2) is 5.82 Å². The van der Waals surface area contributed by atoms with Crippen molar-refractivity contribution in [1.29, 1.82) is 0 Å². The van der Waals surface area contributed by atoms with Gasteiger partial charge in [-0.1, -0.05) is 30.8 Å². The molecule has 1 fully saturated rings. The zero-order chi connectivity index (χ0) is 9.80. The van der Waals surface area contributed by atoms with Gasteiger partial charge in [-0.15, -0.1) is 0 Å². The Hall–Kier alpha value is -1.06. The van der Waals surface area contributed by atoms with Crippen molar-refractivity contribution in [2.75, 3.05) is 5.32 Å². The Bertz CT molecular complexity index is 277. The summed E-state index contributed by atoms with van der Waals surface area (Å²) in [6.45, 7) is 1.84. The highest BCUT2D eigenvalue weighted by Crippen LogP contribution is 2.20. The van der Waals surface area contributed by atoms with Crippen LogP contribution in [0, 0.1) is 6.92 Å². The van der Waals surface area contributed by atoms with E-state index in [9.17, 15) is 0 Å². The second-order valence-corrected chi connectivity index (χ2v) is 3.98. The van der Waals surface area contributed by atoms with Gasteiger partial charge in [-0.25, -0.2) is 0 Å². The van der Waals surface area contributed by atoms with Crippen LogP contribution in [0.1, 0.15) is 44.3 Å². The van der Waals surface area contributed by atoms with E-state index >= 15 is 0 Å². The Kier molecular flexibility index (Phi) is 3.01. The van der Waals surface area contributed by atoms with Gasteiger partial charge in [-0.05, 0) is 19.8 Å². The second-order valence-electron chi connectivity index (χ2n) is 3.98. The molecule has 2 rings (SSSR count). The van der Waals surface area contributed by atoms with E-state index in [1.54, 1.807) is 0 Å². The lowest BCUT2D eigenvalue weighted by atomic mass is 10.1. The van der Waals surface area contributed by atoms with E-state index in [-0.39, 0.29) is 0 Å². The highest BCUT2D eigenvalue weighted by Gasteiger charge is 2.14. The van der Waals surface area contributed by atoms with E-state index < -0.39 is 0 Å². The first-order chi connectivity index (χ1) is 6.84. The van der Waals surface area contributed by atoms with Crippen molar-refractivity contribution in [2.45, 2.75) is 51.5 Å². The standard InChI is InChI=1S/C10H17N3O/c1-8-11-10(14-13-8)12-9-6-4-2-3-5-7-9/h9H,2-7H2,1H3,(H,11,12,13). The molecule has 0 aromatic carbocycles. The number of rotatable bonds is 2. The molecular formula is C10H17N3O. The number of aryl methyl sites for hydroxylation is 1. The SMILES string of the molecule is Cc1noc(NC2CCCCCC2)n1. The molecule has 1 heterocycles. The number of hydrogen-bond donors (Lipinski definition) is 1. The van der Waals surface area contributed by atoms with Crippen molar-refractivity contribution in [3.8, 4) is 0 Å². The molecule has 78 valence electrons. The minimum Gasteiger partial charge on any atom is -0.335 e. The van der Waals surface area contributed by atoms with Crippen molar-refractivity contribution in [2.24, 2.45) is 0 Å². The Morgan fingerprint density at radius 2 is 1.93 bits per heavy atom. The van der Waals surface area contributed by atoms with E-state index in [2.05, 4.69) is 15.5 Å². The predicted octanol–water partition coefficient (Wildman–Crippen LogP) is 2.51. The molecule has 0 aliphatic heterocycles. The Balaban J connectivity index is 1.89. The monoisotopic (exact) mass is 195 g/mol. The molecule has 0 atom stereocenters. The van der Waals surface area contributed by atoms with Crippen LogP contribution in [-0.2, 0) is 0 Å². The first-order valence-corrected chi connectivity index (χ1v) is 5.41. The summed E-state index contributed by atoms with van der Waals surface area (Å²) in [5, 5.41) is 7.06. The summed E-state index contributed by atoms with van der Waals surface area (Å²) < 4.78 is 5.04. The molecule has 1 saturated carbocycles. The maximum atomic E-state index is 5.04. The van der Waals surface area contributed by atoms with E-state index in [1.165, 1.54) is 38.5 Å². The average molecular weight is 195 g/mol. The lowest BCUT2D eigenvalue weighted by molar-refractivity contribution is 0.418. The van der Waals surface area contributed by atoms with Crippen LogP contribution in [0.2, 0.25) is 0 Å². The third kappa shape index (κ3) is 2.47. The Morgan fingerprint density at radius 3 is 2.50 bits per heavy atom. The van der Waals surface area contributed by atoms with Gasteiger partial charge < -0.3 is 9.84 Å². The summed E-state index contributed by atoms with van der Waals surface area (Å²) in [5.41, 5.74) is 0. The Labute approximate surface area is 84.1 Å². The topological polar surface area (TPSA) is 51.0 Å². The normalized spacial score (nSPS) is 19.2. The summed E-state index contributed by atoms with van der Waals surface area (Å²) in [4.78, 5) is 4.15. The highest BCUT2D eigenvalue weighted by molar-refractivity contribution is 5.20. The molecule has 1 aromatic rings. The third-order valence-electron chi connectivity index (χ3n) is 2.71. The molecule has 0 bridgehead atoms. The number of nitrogens with one attached hydrogen (secondary N) is 1. The van der Waals surface area contributed by atoms with Crippen LogP contribution in [0.4, 0.5) is 6.01 Å². The number of anilines is 1. The lowest BCUT2D eigenvalue weighted by Gasteiger charge is -2.13. The molecule has 0 saturated heterocycles. The fourth-order valence-electron chi connectivity index (χ4n) is 1.95. The van der Waals surface area contributed by atoms with Gasteiger partial charge in [0.25, 0.3) is 0 Å². The van der Waals surface area contributed by atoms with Crippen LogP contribution < -0.4 is 5.32 Å². The quantitative estimate of drug-likeness (QED) is 0.737. The zero-order valence-corrected chi connectivity index (χ0v) is 8.62. The summed E-state index contributed by atoms with van der Waals surface area (Å²) >= 11 is 0. The van der Waals surface area contributed by atoms with E-state index in [0.29, 0.717) is 17.9 Å². The fourth-order valence-corrected chi connectivity index (χ4v) is 1.95. The highest BCUT2D eigenvalue weighted by atomic mass is 16.5. The molecule has 1 aliphatic carbocycles. The fraction of sp³-hybridized carbons (Fsp3) is 0.800. The zero-order valence-electron chi connectivity index (χ0n) is 8.62. The summed E-state index contributed by atoms with van der Waals surface area (Å²) in [5.74, 6) is 0.695. The summed E-state index contributed by atoms with van der Waals surface area (Å²) in [7, 11) is 0. The number of nitrogens with zero attached hydrogens (tertiary/aromatic N) is 2. The van der Waals surface area contributed by atoms with Crippen molar-refractivity contribution < 1.29 is 4.52 Å². The lowest BCUT2D eigenvalue weighted by Crippen LogP contribution is -2.18. The largest absolute Gasteiger partial charge is 0.335 e. The molecule has 4 nitrogen and oxygen atoms in total. The van der Waals surface area contributed by atoms with Gasteiger partial charge in [-0.2, -0.15) is 4.98 Å². The van der Waals surface area contributed by atoms with Gasteiger partial charge in [0.1, 0.15) is 0 Å². The van der Waals surface area contributed by atoms with Crippen molar-refractivity contribution >= 4 is 6.01 Å². The van der Waals surface area contributed by atoms with Crippen molar-refractivity contribution in [3.05, 3.63) is 5.82 Å². The molecule has 0 unspecified atom stereocenters. The minimum absolute atomic E-state index is 0.525. The molecule has 0 spiro atoms. The van der Waals surface area contributed by atoms with Crippen LogP contribution in [0.15, 0.2) is 4.52 Å². The molecule has 4 heteroatoms. The van der Waals surface area contributed by atoms with Crippen molar-refractivity contribution in [1.82, 2.24) is 10.1 Å². The second kappa shape index (κ2) is 4.44. The van der Waals surface area contributed by atoms with Gasteiger partial charge in [0, 0.05) is 6.04 Å². The molecule has 1 aromatic heterocycles. The van der Waals surface area contributed by atoms with E-state index in [0.717, 1.165) is 0 Å². The van der Waals surface area contributed by atoms with Gasteiger partial charge in [-0.3, -0.25) is 0 Å². The van der Waals surface area contributed by atoms with E-state index in [4.69, 9.17) is 4.52 Å². The van der Waals surface area contributed by atoms with Crippen LogP contribution in [0.5, 0.6) is 0 Å². The molecule has 1 aliphatic rings. The maximum Gasteiger partial charge on any atom is 0.321 e. The first-order valence-electron chi connectivity index (χ1n) is 5.41. The van der Waals surface area contributed by atoms with Gasteiger partial charge in [0.05, 0.1) is 0 Å². The molecule has 14 heavy (non-hydrogen) atoms. The molecule has 0 amide bonds. The smallest absolute Gasteiger partial charge is 0.321 e. The van der Waals surface area contributed by atoms with Crippen LogP contribution in [-0.4, -0.2) is 16.2 Å².